The van der Waals surface area contributed by atoms with Crippen LogP contribution in [0, 0.1) is 0 Å². The third-order valence-electron chi connectivity index (χ3n) is 4.46. The lowest BCUT2D eigenvalue weighted by Gasteiger charge is -2.22. The molecule has 2 aromatic carbocycles. The number of likely N-dealkylation sites (tertiary alicyclic amines) is 1. The maximum atomic E-state index is 13.2. The van der Waals surface area contributed by atoms with Gasteiger partial charge < -0.3 is 4.90 Å². The van der Waals surface area contributed by atoms with Crippen LogP contribution in [0.1, 0.15) is 23.7 Å². The number of benzene rings is 2. The van der Waals surface area contributed by atoms with Gasteiger partial charge in [-0.25, -0.2) is 0 Å². The molecule has 0 bridgehead atoms. The summed E-state index contributed by atoms with van der Waals surface area (Å²) in [6.45, 7) is 1.62. The van der Waals surface area contributed by atoms with E-state index in [1.807, 2.05) is 47.4 Å². The first kappa shape index (κ1) is 18.0. The van der Waals surface area contributed by atoms with Crippen LogP contribution in [0.15, 0.2) is 59.8 Å². The van der Waals surface area contributed by atoms with Gasteiger partial charge in [-0.3, -0.25) is 4.79 Å². The number of tetrazole rings is 1. The summed E-state index contributed by atoms with van der Waals surface area (Å²) in [5, 5.41) is 12.8. The molecule has 1 fully saturated rings. The predicted molar refractivity (Wildman–Crippen MR) is 105 cm³/mol. The Morgan fingerprint density at radius 1 is 1.07 bits per heavy atom. The summed E-state index contributed by atoms with van der Waals surface area (Å²) in [6.07, 6.45) is 2.11. The number of amides is 1. The molecule has 138 valence electrons. The number of carbonyl (C=O) groups excluding carboxylic acids is 1. The van der Waals surface area contributed by atoms with Crippen LogP contribution in [0.25, 0.3) is 5.69 Å². The zero-order chi connectivity index (χ0) is 18.6. The summed E-state index contributed by atoms with van der Waals surface area (Å²) in [5.41, 5.74) is 1.70. The monoisotopic (exact) mass is 399 g/mol. The normalized spacial score (nSPS) is 15.1. The maximum Gasteiger partial charge on any atom is 0.240 e. The smallest absolute Gasteiger partial charge is 0.240 e. The van der Waals surface area contributed by atoms with Crippen molar-refractivity contribution in [1.82, 2.24) is 25.1 Å². The van der Waals surface area contributed by atoms with Crippen LogP contribution in [0.4, 0.5) is 0 Å². The summed E-state index contributed by atoms with van der Waals surface area (Å²) in [5.74, 6) is 0.101. The molecule has 0 aliphatic carbocycles. The molecule has 2 heterocycles. The van der Waals surface area contributed by atoms with E-state index in [0.29, 0.717) is 10.2 Å². The number of nitrogens with zero attached hydrogens (tertiary/aromatic N) is 5. The maximum absolute atomic E-state index is 13.2. The average Bonchev–Trinajstić information content (AvgIpc) is 3.38. The van der Waals surface area contributed by atoms with Gasteiger partial charge in [0.1, 0.15) is 5.25 Å². The predicted octanol–water partition coefficient (Wildman–Crippen LogP) is 3.77. The minimum absolute atomic E-state index is 0.101. The van der Waals surface area contributed by atoms with Crippen molar-refractivity contribution in [1.29, 1.82) is 0 Å². The summed E-state index contributed by atoms with van der Waals surface area (Å²) in [7, 11) is 0. The zero-order valence-corrected chi connectivity index (χ0v) is 16.1. The largest absolute Gasteiger partial charge is 0.341 e. The summed E-state index contributed by atoms with van der Waals surface area (Å²) in [4.78, 5) is 15.1. The van der Waals surface area contributed by atoms with E-state index >= 15 is 0 Å². The lowest BCUT2D eigenvalue weighted by Crippen LogP contribution is -2.31. The van der Waals surface area contributed by atoms with Crippen molar-refractivity contribution in [3.8, 4) is 5.69 Å². The second kappa shape index (κ2) is 8.10. The van der Waals surface area contributed by atoms with Crippen molar-refractivity contribution < 1.29 is 4.79 Å². The average molecular weight is 400 g/mol. The molecule has 0 saturated carbocycles. The van der Waals surface area contributed by atoms with Gasteiger partial charge in [0.25, 0.3) is 0 Å². The van der Waals surface area contributed by atoms with E-state index in [2.05, 4.69) is 15.5 Å². The van der Waals surface area contributed by atoms with Crippen LogP contribution in [0.3, 0.4) is 0 Å². The highest BCUT2D eigenvalue weighted by atomic mass is 35.5. The van der Waals surface area contributed by atoms with Crippen molar-refractivity contribution in [2.75, 3.05) is 13.1 Å². The Morgan fingerprint density at radius 2 is 1.85 bits per heavy atom. The van der Waals surface area contributed by atoms with Crippen molar-refractivity contribution in [3.63, 3.8) is 0 Å². The molecule has 8 heteroatoms. The Kier molecular flexibility index (Phi) is 5.40. The lowest BCUT2D eigenvalue weighted by molar-refractivity contribution is -0.129. The molecule has 1 aromatic heterocycles. The fraction of sp³-hybridized carbons (Fsp3) is 0.263. The minimum Gasteiger partial charge on any atom is -0.341 e. The van der Waals surface area contributed by atoms with Crippen LogP contribution < -0.4 is 0 Å². The van der Waals surface area contributed by atoms with E-state index in [9.17, 15) is 4.79 Å². The standard InChI is InChI=1S/C19H18ClN5OS/c20-15-9-6-10-16(13-15)25-19(21-22-23-25)27-17(14-7-2-1-3-8-14)18(26)24-11-4-5-12-24/h1-3,6-10,13,17H,4-5,11-12H2/t17-/m1/s1. The van der Waals surface area contributed by atoms with Crippen LogP contribution in [-0.4, -0.2) is 44.1 Å². The van der Waals surface area contributed by atoms with Gasteiger partial charge in [-0.15, -0.1) is 5.10 Å². The highest BCUT2D eigenvalue weighted by Crippen LogP contribution is 2.37. The van der Waals surface area contributed by atoms with E-state index in [4.69, 9.17) is 11.6 Å². The molecule has 0 radical (unpaired) electrons. The molecule has 0 unspecified atom stereocenters. The van der Waals surface area contributed by atoms with Crippen LogP contribution in [0.2, 0.25) is 5.02 Å². The van der Waals surface area contributed by atoms with Gasteiger partial charge in [-0.05, 0) is 47.0 Å². The SMILES string of the molecule is O=C([C@H](Sc1nnnn1-c1cccc(Cl)c1)c1ccccc1)N1CCCC1. The first-order valence-corrected chi connectivity index (χ1v) is 10.0. The van der Waals surface area contributed by atoms with Crippen molar-refractivity contribution >= 4 is 29.3 Å². The fourth-order valence-electron chi connectivity index (χ4n) is 3.12. The third kappa shape index (κ3) is 3.99. The Bertz CT molecular complexity index is 927. The Hall–Kier alpha value is -2.38. The summed E-state index contributed by atoms with van der Waals surface area (Å²) >= 11 is 7.47. The van der Waals surface area contributed by atoms with Gasteiger partial charge in [0.05, 0.1) is 5.69 Å². The zero-order valence-electron chi connectivity index (χ0n) is 14.5. The van der Waals surface area contributed by atoms with Gasteiger partial charge >= 0.3 is 0 Å². The number of rotatable bonds is 5. The number of hydrogen-bond donors (Lipinski definition) is 0. The number of hydrogen-bond acceptors (Lipinski definition) is 5. The van der Waals surface area contributed by atoms with Gasteiger partial charge in [-0.1, -0.05) is 59.8 Å². The quantitative estimate of drug-likeness (QED) is 0.611. The Balaban J connectivity index is 1.67. The third-order valence-corrected chi connectivity index (χ3v) is 5.87. The van der Waals surface area contributed by atoms with Crippen molar-refractivity contribution in [2.45, 2.75) is 23.2 Å². The topological polar surface area (TPSA) is 63.9 Å². The van der Waals surface area contributed by atoms with Gasteiger partial charge in [0.15, 0.2) is 0 Å². The molecule has 1 aliphatic heterocycles. The first-order chi connectivity index (χ1) is 13.2. The lowest BCUT2D eigenvalue weighted by atomic mass is 10.1. The second-order valence-corrected chi connectivity index (χ2v) is 7.80. The summed E-state index contributed by atoms with van der Waals surface area (Å²) in [6, 6.07) is 17.1. The van der Waals surface area contributed by atoms with Gasteiger partial charge in [-0.2, -0.15) is 4.68 Å². The van der Waals surface area contributed by atoms with Crippen molar-refractivity contribution in [3.05, 3.63) is 65.2 Å². The molecular formula is C19H18ClN5OS. The molecule has 1 saturated heterocycles. The van der Waals surface area contributed by atoms with E-state index in [1.165, 1.54) is 11.8 Å². The highest BCUT2D eigenvalue weighted by Gasteiger charge is 2.30. The molecule has 4 rings (SSSR count). The molecule has 1 aliphatic rings. The Labute approximate surface area is 166 Å². The van der Waals surface area contributed by atoms with Gasteiger partial charge in [0.2, 0.25) is 11.1 Å². The fourth-order valence-corrected chi connectivity index (χ4v) is 4.38. The van der Waals surface area contributed by atoms with E-state index in [-0.39, 0.29) is 5.91 Å². The van der Waals surface area contributed by atoms with E-state index < -0.39 is 5.25 Å². The molecule has 1 amide bonds. The highest BCUT2D eigenvalue weighted by molar-refractivity contribution is 8.00. The van der Waals surface area contributed by atoms with Gasteiger partial charge in [0, 0.05) is 18.1 Å². The number of aromatic nitrogens is 4. The molecule has 1 atom stereocenters. The van der Waals surface area contributed by atoms with Crippen molar-refractivity contribution in [2.24, 2.45) is 0 Å². The minimum atomic E-state index is -0.395. The van der Waals surface area contributed by atoms with E-state index in [1.54, 1.807) is 16.8 Å². The summed E-state index contributed by atoms with van der Waals surface area (Å²) < 4.78 is 1.61. The Morgan fingerprint density at radius 3 is 2.59 bits per heavy atom. The molecule has 27 heavy (non-hydrogen) atoms. The van der Waals surface area contributed by atoms with Crippen LogP contribution >= 0.6 is 23.4 Å². The van der Waals surface area contributed by atoms with Crippen LogP contribution in [-0.2, 0) is 4.79 Å². The molecule has 0 N–H and O–H groups in total. The molecule has 0 spiro atoms. The van der Waals surface area contributed by atoms with Crippen LogP contribution in [0.5, 0.6) is 0 Å². The number of carbonyl (C=O) groups is 1. The first-order valence-electron chi connectivity index (χ1n) is 8.77. The molecular weight excluding hydrogens is 382 g/mol. The molecule has 6 nitrogen and oxygen atoms in total. The second-order valence-electron chi connectivity index (χ2n) is 6.29. The molecule has 3 aromatic rings. The number of halogens is 1. The van der Waals surface area contributed by atoms with E-state index in [0.717, 1.165) is 37.2 Å². The number of thioether (sulfide) groups is 1.